The third-order valence-electron chi connectivity index (χ3n) is 4.33. The van der Waals surface area contributed by atoms with Gasteiger partial charge in [-0.1, -0.05) is 23.9 Å². The second kappa shape index (κ2) is 7.78. The van der Waals surface area contributed by atoms with Gasteiger partial charge >= 0.3 is 0 Å². The van der Waals surface area contributed by atoms with E-state index in [4.69, 9.17) is 0 Å². The van der Waals surface area contributed by atoms with Crippen molar-refractivity contribution in [3.63, 3.8) is 0 Å². The van der Waals surface area contributed by atoms with Crippen LogP contribution in [0.25, 0.3) is 10.2 Å². The number of thiophene rings is 1. The van der Waals surface area contributed by atoms with Crippen LogP contribution in [-0.4, -0.2) is 26.9 Å². The van der Waals surface area contributed by atoms with Crippen LogP contribution < -0.4 is 5.32 Å². The lowest BCUT2D eigenvalue weighted by molar-refractivity contribution is -0.115. The van der Waals surface area contributed by atoms with Crippen molar-refractivity contribution in [3.05, 3.63) is 46.1 Å². The number of aryl methyl sites for hydroxylation is 3. The van der Waals surface area contributed by atoms with Gasteiger partial charge in [0.25, 0.3) is 0 Å². The molecule has 0 unspecified atom stereocenters. The standard InChI is InChI=1S/C20H21N3O2S2/c1-10-12(3)26-19-17(10)20(22-14(5)21-19)27-13(4)18(25)23-16-9-7-6-8-15(16)11(2)24/h6-9,13H,1-5H3,(H,23,25)/t13-/m0/s1. The molecule has 27 heavy (non-hydrogen) atoms. The van der Waals surface area contributed by atoms with Crippen molar-refractivity contribution in [3.8, 4) is 0 Å². The Hall–Kier alpha value is -2.25. The predicted molar refractivity (Wildman–Crippen MR) is 112 cm³/mol. The average molecular weight is 400 g/mol. The quantitative estimate of drug-likeness (QED) is 0.374. The number of amides is 1. The Bertz CT molecular complexity index is 1040. The zero-order valence-corrected chi connectivity index (χ0v) is 17.5. The zero-order valence-electron chi connectivity index (χ0n) is 15.9. The minimum atomic E-state index is -0.373. The van der Waals surface area contributed by atoms with Crippen LogP contribution in [0, 0.1) is 20.8 Å². The Kier molecular flexibility index (Phi) is 5.62. The molecule has 2 aromatic heterocycles. The number of hydrogen-bond acceptors (Lipinski definition) is 6. The van der Waals surface area contributed by atoms with E-state index in [2.05, 4.69) is 29.1 Å². The molecule has 5 nitrogen and oxygen atoms in total. The number of carbonyl (C=O) groups excluding carboxylic acids is 2. The van der Waals surface area contributed by atoms with Crippen molar-refractivity contribution in [2.24, 2.45) is 0 Å². The molecule has 0 spiro atoms. The second-order valence-corrected chi connectivity index (χ2v) is 8.92. The van der Waals surface area contributed by atoms with Gasteiger partial charge in [0.1, 0.15) is 15.7 Å². The summed E-state index contributed by atoms with van der Waals surface area (Å²) in [7, 11) is 0. The first-order chi connectivity index (χ1) is 12.8. The van der Waals surface area contributed by atoms with Crippen molar-refractivity contribution < 1.29 is 9.59 Å². The van der Waals surface area contributed by atoms with Gasteiger partial charge in [-0.05, 0) is 52.3 Å². The van der Waals surface area contributed by atoms with Crippen molar-refractivity contribution >= 4 is 50.7 Å². The summed E-state index contributed by atoms with van der Waals surface area (Å²) in [5, 5.41) is 4.35. The summed E-state index contributed by atoms with van der Waals surface area (Å²) in [6, 6.07) is 7.04. The van der Waals surface area contributed by atoms with Gasteiger partial charge in [0.05, 0.1) is 10.9 Å². The lowest BCUT2D eigenvalue weighted by Gasteiger charge is -2.14. The van der Waals surface area contributed by atoms with Gasteiger partial charge in [-0.2, -0.15) is 0 Å². The van der Waals surface area contributed by atoms with Crippen LogP contribution in [0.1, 0.15) is 40.5 Å². The third kappa shape index (κ3) is 4.04. The highest BCUT2D eigenvalue weighted by Crippen LogP contribution is 2.36. The fourth-order valence-corrected chi connectivity index (χ4v) is 4.95. The van der Waals surface area contributed by atoms with Gasteiger partial charge in [-0.25, -0.2) is 9.97 Å². The van der Waals surface area contributed by atoms with E-state index in [0.29, 0.717) is 17.1 Å². The molecule has 2 heterocycles. The van der Waals surface area contributed by atoms with Crippen molar-refractivity contribution in [2.45, 2.75) is 44.9 Å². The summed E-state index contributed by atoms with van der Waals surface area (Å²) >= 11 is 3.06. The van der Waals surface area contributed by atoms with E-state index in [9.17, 15) is 9.59 Å². The lowest BCUT2D eigenvalue weighted by atomic mass is 10.1. The maximum atomic E-state index is 12.7. The third-order valence-corrected chi connectivity index (χ3v) is 6.52. The molecule has 0 aliphatic rings. The van der Waals surface area contributed by atoms with E-state index in [0.717, 1.165) is 20.8 Å². The molecule has 0 saturated heterocycles. The molecule has 0 radical (unpaired) electrons. The predicted octanol–water partition coefficient (Wildman–Crippen LogP) is 4.94. The minimum Gasteiger partial charge on any atom is -0.324 e. The minimum absolute atomic E-state index is 0.0799. The topological polar surface area (TPSA) is 72.0 Å². The molecule has 7 heteroatoms. The maximum Gasteiger partial charge on any atom is 0.237 e. The van der Waals surface area contributed by atoms with E-state index in [-0.39, 0.29) is 16.9 Å². The van der Waals surface area contributed by atoms with E-state index in [1.807, 2.05) is 13.8 Å². The first-order valence-corrected chi connectivity index (χ1v) is 10.3. The van der Waals surface area contributed by atoms with Crippen LogP contribution in [0.2, 0.25) is 0 Å². The van der Waals surface area contributed by atoms with Crippen LogP contribution in [0.4, 0.5) is 5.69 Å². The summed E-state index contributed by atoms with van der Waals surface area (Å²) in [6.07, 6.45) is 0. The Morgan fingerprint density at radius 2 is 1.85 bits per heavy atom. The lowest BCUT2D eigenvalue weighted by Crippen LogP contribution is -2.23. The van der Waals surface area contributed by atoms with Crippen LogP contribution in [0.5, 0.6) is 0 Å². The maximum absolute atomic E-state index is 12.7. The van der Waals surface area contributed by atoms with E-state index < -0.39 is 0 Å². The highest BCUT2D eigenvalue weighted by atomic mass is 32.2. The number of thioether (sulfide) groups is 1. The van der Waals surface area contributed by atoms with Crippen molar-refractivity contribution in [1.29, 1.82) is 0 Å². The molecule has 3 aromatic rings. The fourth-order valence-electron chi connectivity index (χ4n) is 2.75. The molecule has 3 rings (SSSR count). The summed E-state index contributed by atoms with van der Waals surface area (Å²) in [5.41, 5.74) is 2.20. The molecule has 140 valence electrons. The van der Waals surface area contributed by atoms with Gasteiger partial charge in [-0.3, -0.25) is 9.59 Å². The molecule has 1 N–H and O–H groups in total. The van der Waals surface area contributed by atoms with Crippen molar-refractivity contribution in [1.82, 2.24) is 9.97 Å². The van der Waals surface area contributed by atoms with Crippen LogP contribution in [-0.2, 0) is 4.79 Å². The van der Waals surface area contributed by atoms with Gasteiger partial charge in [0, 0.05) is 15.8 Å². The molecule has 1 amide bonds. The SMILES string of the molecule is CC(=O)c1ccccc1NC(=O)[C@H](C)Sc1nc(C)nc2sc(C)c(C)c12. The van der Waals surface area contributed by atoms with Crippen LogP contribution in [0.3, 0.4) is 0 Å². The molecule has 0 aliphatic carbocycles. The second-order valence-electron chi connectivity index (χ2n) is 6.39. The normalized spacial score (nSPS) is 12.2. The first kappa shape index (κ1) is 19.5. The summed E-state index contributed by atoms with van der Waals surface area (Å²) in [4.78, 5) is 35.7. The number of aromatic nitrogens is 2. The number of rotatable bonds is 5. The van der Waals surface area contributed by atoms with Gasteiger partial charge in [-0.15, -0.1) is 11.3 Å². The van der Waals surface area contributed by atoms with Crippen molar-refractivity contribution in [2.75, 3.05) is 5.32 Å². The van der Waals surface area contributed by atoms with Crippen LogP contribution >= 0.6 is 23.1 Å². The number of nitrogens with zero attached hydrogens (tertiary/aromatic N) is 2. The molecule has 1 atom stereocenters. The van der Waals surface area contributed by atoms with Gasteiger partial charge < -0.3 is 5.32 Å². The first-order valence-electron chi connectivity index (χ1n) is 8.59. The zero-order chi connectivity index (χ0) is 19.7. The highest BCUT2D eigenvalue weighted by molar-refractivity contribution is 8.00. The Labute approximate surface area is 166 Å². The number of carbonyl (C=O) groups is 2. The largest absolute Gasteiger partial charge is 0.324 e. The number of Topliss-reactive ketones (excluding diaryl/α,β-unsaturated/α-hetero) is 1. The number of hydrogen-bond donors (Lipinski definition) is 1. The van der Waals surface area contributed by atoms with E-state index in [1.54, 1.807) is 35.6 Å². The molecule has 0 bridgehead atoms. The average Bonchev–Trinajstić information content (AvgIpc) is 2.89. The molecule has 0 fully saturated rings. The Morgan fingerprint density at radius 3 is 2.56 bits per heavy atom. The molecule has 0 saturated carbocycles. The number of para-hydroxylation sites is 1. The summed E-state index contributed by atoms with van der Waals surface area (Å²) in [5.74, 6) is 0.451. The summed E-state index contributed by atoms with van der Waals surface area (Å²) < 4.78 is 0. The van der Waals surface area contributed by atoms with E-state index in [1.165, 1.54) is 23.6 Å². The number of anilines is 1. The Balaban J connectivity index is 1.86. The van der Waals surface area contributed by atoms with E-state index >= 15 is 0 Å². The molecular formula is C20H21N3O2S2. The van der Waals surface area contributed by atoms with Gasteiger partial charge in [0.15, 0.2) is 5.78 Å². The molecule has 0 aliphatic heterocycles. The smallest absolute Gasteiger partial charge is 0.237 e. The molecule has 1 aromatic carbocycles. The fraction of sp³-hybridized carbons (Fsp3) is 0.300. The number of nitrogens with one attached hydrogen (secondary N) is 1. The number of benzene rings is 1. The summed E-state index contributed by atoms with van der Waals surface area (Å²) in [6.45, 7) is 9.33. The van der Waals surface area contributed by atoms with Gasteiger partial charge in [0.2, 0.25) is 5.91 Å². The number of fused-ring (bicyclic) bond motifs is 1. The monoisotopic (exact) mass is 399 g/mol. The highest BCUT2D eigenvalue weighted by Gasteiger charge is 2.21. The Morgan fingerprint density at radius 1 is 1.15 bits per heavy atom. The molecular weight excluding hydrogens is 378 g/mol. The number of ketones is 1. The van der Waals surface area contributed by atoms with Crippen LogP contribution in [0.15, 0.2) is 29.3 Å².